The zero-order valence-corrected chi connectivity index (χ0v) is 11.9. The highest BCUT2D eigenvalue weighted by atomic mass is 16.1. The SMILES string of the molecule is Cc1ncc(C(=O)NC2CCCNC2)c(C(C)C)n1. The molecule has 1 aromatic rings. The summed E-state index contributed by atoms with van der Waals surface area (Å²) in [4.78, 5) is 20.9. The Morgan fingerprint density at radius 3 is 2.95 bits per heavy atom. The van der Waals surface area contributed by atoms with E-state index in [1.165, 1.54) is 0 Å². The lowest BCUT2D eigenvalue weighted by Gasteiger charge is -2.24. The number of carbonyl (C=O) groups is 1. The first-order chi connectivity index (χ1) is 9.08. The standard InChI is InChI=1S/C14H22N4O/c1-9(2)13-12(8-16-10(3)17-13)14(19)18-11-5-4-6-15-7-11/h8-9,11,15H,4-7H2,1-3H3,(H,18,19). The highest BCUT2D eigenvalue weighted by Gasteiger charge is 2.20. The largest absolute Gasteiger partial charge is 0.348 e. The summed E-state index contributed by atoms with van der Waals surface area (Å²) in [6, 6.07) is 0.211. The van der Waals surface area contributed by atoms with Gasteiger partial charge in [-0.25, -0.2) is 9.97 Å². The van der Waals surface area contributed by atoms with Crippen molar-refractivity contribution in [3.63, 3.8) is 0 Å². The van der Waals surface area contributed by atoms with Gasteiger partial charge >= 0.3 is 0 Å². The van der Waals surface area contributed by atoms with Crippen molar-refractivity contribution >= 4 is 5.91 Å². The van der Waals surface area contributed by atoms with Crippen molar-refractivity contribution < 1.29 is 4.79 Å². The zero-order valence-electron chi connectivity index (χ0n) is 11.9. The highest BCUT2D eigenvalue weighted by molar-refractivity contribution is 5.95. The molecule has 0 aliphatic carbocycles. The molecule has 1 atom stereocenters. The summed E-state index contributed by atoms with van der Waals surface area (Å²) >= 11 is 0. The zero-order chi connectivity index (χ0) is 13.8. The fourth-order valence-electron chi connectivity index (χ4n) is 2.34. The summed E-state index contributed by atoms with van der Waals surface area (Å²) in [5.74, 6) is 0.865. The number of aryl methyl sites for hydroxylation is 1. The number of hydrogen-bond donors (Lipinski definition) is 2. The molecule has 19 heavy (non-hydrogen) atoms. The van der Waals surface area contributed by atoms with Crippen molar-refractivity contribution in [2.75, 3.05) is 13.1 Å². The minimum absolute atomic E-state index is 0.0580. The second-order valence-electron chi connectivity index (χ2n) is 5.39. The first kappa shape index (κ1) is 13.9. The van der Waals surface area contributed by atoms with Gasteiger partial charge in [-0.3, -0.25) is 4.79 Å². The van der Waals surface area contributed by atoms with E-state index in [1.54, 1.807) is 6.20 Å². The third-order valence-electron chi connectivity index (χ3n) is 3.36. The van der Waals surface area contributed by atoms with Gasteiger partial charge in [0.2, 0.25) is 0 Å². The monoisotopic (exact) mass is 262 g/mol. The maximum absolute atomic E-state index is 12.3. The number of carbonyl (C=O) groups excluding carboxylic acids is 1. The van der Waals surface area contributed by atoms with E-state index < -0.39 is 0 Å². The molecule has 1 aliphatic rings. The van der Waals surface area contributed by atoms with Gasteiger partial charge in [-0.1, -0.05) is 13.8 Å². The van der Waals surface area contributed by atoms with Crippen LogP contribution in [0.15, 0.2) is 6.20 Å². The van der Waals surface area contributed by atoms with Gasteiger partial charge in [0, 0.05) is 18.8 Å². The van der Waals surface area contributed by atoms with Gasteiger partial charge in [0.05, 0.1) is 11.3 Å². The molecule has 2 heterocycles. The van der Waals surface area contributed by atoms with Crippen molar-refractivity contribution in [3.05, 3.63) is 23.3 Å². The molecule has 2 rings (SSSR count). The quantitative estimate of drug-likeness (QED) is 0.864. The summed E-state index contributed by atoms with van der Waals surface area (Å²) in [5.41, 5.74) is 1.43. The van der Waals surface area contributed by atoms with E-state index in [9.17, 15) is 4.79 Å². The van der Waals surface area contributed by atoms with Crippen LogP contribution in [0.4, 0.5) is 0 Å². The van der Waals surface area contributed by atoms with Gasteiger partial charge in [-0.15, -0.1) is 0 Å². The lowest BCUT2D eigenvalue weighted by atomic mass is 10.0. The molecule has 0 saturated carbocycles. The lowest BCUT2D eigenvalue weighted by Crippen LogP contribution is -2.45. The third-order valence-corrected chi connectivity index (χ3v) is 3.36. The number of piperidine rings is 1. The van der Waals surface area contributed by atoms with E-state index in [-0.39, 0.29) is 17.9 Å². The molecule has 1 fully saturated rings. The molecule has 1 aliphatic heterocycles. The maximum Gasteiger partial charge on any atom is 0.254 e. The fourth-order valence-corrected chi connectivity index (χ4v) is 2.34. The first-order valence-corrected chi connectivity index (χ1v) is 6.93. The van der Waals surface area contributed by atoms with Gasteiger partial charge in [0.1, 0.15) is 5.82 Å². The van der Waals surface area contributed by atoms with E-state index in [0.29, 0.717) is 11.4 Å². The summed E-state index contributed by atoms with van der Waals surface area (Å²) in [7, 11) is 0. The van der Waals surface area contributed by atoms with Crippen LogP contribution in [0.5, 0.6) is 0 Å². The second-order valence-corrected chi connectivity index (χ2v) is 5.39. The normalized spacial score (nSPS) is 19.5. The lowest BCUT2D eigenvalue weighted by molar-refractivity contribution is 0.0928. The third kappa shape index (κ3) is 3.50. The summed E-state index contributed by atoms with van der Waals surface area (Å²) in [5, 5.41) is 6.36. The van der Waals surface area contributed by atoms with Crippen molar-refractivity contribution in [2.24, 2.45) is 0 Å². The Bertz CT molecular complexity index is 453. The van der Waals surface area contributed by atoms with Crippen LogP contribution >= 0.6 is 0 Å². The van der Waals surface area contributed by atoms with Crippen molar-refractivity contribution in [2.45, 2.75) is 45.6 Å². The first-order valence-electron chi connectivity index (χ1n) is 6.93. The number of hydrogen-bond acceptors (Lipinski definition) is 4. The van der Waals surface area contributed by atoms with E-state index in [2.05, 4.69) is 20.6 Å². The summed E-state index contributed by atoms with van der Waals surface area (Å²) in [6.45, 7) is 7.81. The number of nitrogens with zero attached hydrogens (tertiary/aromatic N) is 2. The topological polar surface area (TPSA) is 66.9 Å². The van der Waals surface area contributed by atoms with E-state index in [4.69, 9.17) is 0 Å². The number of amides is 1. The Morgan fingerprint density at radius 1 is 1.53 bits per heavy atom. The van der Waals surface area contributed by atoms with Crippen LogP contribution in [0.3, 0.4) is 0 Å². The Kier molecular flexibility index (Phi) is 4.47. The van der Waals surface area contributed by atoms with Crippen molar-refractivity contribution in [1.29, 1.82) is 0 Å². The molecule has 0 aromatic carbocycles. The molecule has 104 valence electrons. The Morgan fingerprint density at radius 2 is 2.32 bits per heavy atom. The Hall–Kier alpha value is -1.49. The van der Waals surface area contributed by atoms with Crippen LogP contribution in [0, 0.1) is 6.92 Å². The average Bonchev–Trinajstić information content (AvgIpc) is 2.39. The van der Waals surface area contributed by atoms with Gasteiger partial charge in [-0.05, 0) is 32.2 Å². The number of nitrogens with one attached hydrogen (secondary N) is 2. The molecule has 0 radical (unpaired) electrons. The average molecular weight is 262 g/mol. The van der Waals surface area contributed by atoms with Gasteiger partial charge in [0.15, 0.2) is 0 Å². The van der Waals surface area contributed by atoms with Gasteiger partial charge < -0.3 is 10.6 Å². The highest BCUT2D eigenvalue weighted by Crippen LogP contribution is 2.17. The number of aromatic nitrogens is 2. The van der Waals surface area contributed by atoms with Crippen LogP contribution in [0.1, 0.15) is 54.5 Å². The molecule has 0 bridgehead atoms. The van der Waals surface area contributed by atoms with Gasteiger partial charge in [0.25, 0.3) is 5.91 Å². The smallest absolute Gasteiger partial charge is 0.254 e. The van der Waals surface area contributed by atoms with Crippen LogP contribution in [-0.4, -0.2) is 35.0 Å². The Labute approximate surface area is 114 Å². The van der Waals surface area contributed by atoms with Crippen molar-refractivity contribution in [1.82, 2.24) is 20.6 Å². The molecule has 2 N–H and O–H groups in total. The predicted molar refractivity (Wildman–Crippen MR) is 74.2 cm³/mol. The summed E-state index contributed by atoms with van der Waals surface area (Å²) < 4.78 is 0. The van der Waals surface area contributed by atoms with Crippen LogP contribution < -0.4 is 10.6 Å². The molecule has 5 heteroatoms. The molecule has 1 saturated heterocycles. The maximum atomic E-state index is 12.3. The molecule has 5 nitrogen and oxygen atoms in total. The molecular formula is C14H22N4O. The van der Waals surface area contributed by atoms with Crippen LogP contribution in [0.2, 0.25) is 0 Å². The predicted octanol–water partition coefficient (Wildman–Crippen LogP) is 1.39. The van der Waals surface area contributed by atoms with E-state index in [0.717, 1.165) is 31.6 Å². The molecule has 1 amide bonds. The van der Waals surface area contributed by atoms with Crippen LogP contribution in [0.25, 0.3) is 0 Å². The van der Waals surface area contributed by atoms with E-state index in [1.807, 2.05) is 20.8 Å². The molecule has 1 aromatic heterocycles. The molecular weight excluding hydrogens is 240 g/mol. The minimum atomic E-state index is -0.0580. The van der Waals surface area contributed by atoms with Gasteiger partial charge in [-0.2, -0.15) is 0 Å². The molecule has 0 spiro atoms. The van der Waals surface area contributed by atoms with Crippen LogP contribution in [-0.2, 0) is 0 Å². The van der Waals surface area contributed by atoms with E-state index >= 15 is 0 Å². The second kappa shape index (κ2) is 6.10. The number of rotatable bonds is 3. The summed E-state index contributed by atoms with van der Waals surface area (Å²) in [6.07, 6.45) is 3.78. The molecule has 1 unspecified atom stereocenters. The Balaban J connectivity index is 2.13. The van der Waals surface area contributed by atoms with Crippen molar-refractivity contribution in [3.8, 4) is 0 Å². The fraction of sp³-hybridized carbons (Fsp3) is 0.643. The minimum Gasteiger partial charge on any atom is -0.348 e.